The maximum atomic E-state index is 11.5. The van der Waals surface area contributed by atoms with E-state index in [1.165, 1.54) is 6.07 Å². The van der Waals surface area contributed by atoms with Gasteiger partial charge in [-0.3, -0.25) is 4.79 Å². The Kier molecular flexibility index (Phi) is 3.63. The number of primary amides is 1. The molecule has 2 rings (SSSR count). The molecule has 1 aromatic rings. The van der Waals surface area contributed by atoms with Gasteiger partial charge in [0.1, 0.15) is 0 Å². The van der Waals surface area contributed by atoms with Crippen LogP contribution < -0.4 is 16.4 Å². The minimum absolute atomic E-state index is 0.00456. The van der Waals surface area contributed by atoms with E-state index in [2.05, 4.69) is 0 Å². The summed E-state index contributed by atoms with van der Waals surface area (Å²) in [4.78, 5) is 13.4. The zero-order chi connectivity index (χ0) is 13.3. The van der Waals surface area contributed by atoms with Crippen molar-refractivity contribution in [3.8, 4) is 0 Å². The van der Waals surface area contributed by atoms with Gasteiger partial charge in [-0.2, -0.15) is 0 Å². The molecule has 0 unspecified atom stereocenters. The van der Waals surface area contributed by atoms with Crippen molar-refractivity contribution in [3.63, 3.8) is 0 Å². The largest absolute Gasteiger partial charge is 0.399 e. The Hall–Kier alpha value is -1.46. The Morgan fingerprint density at radius 1 is 1.50 bits per heavy atom. The number of rotatable bonds is 5. The molecule has 1 aromatic carbocycles. The van der Waals surface area contributed by atoms with Crippen molar-refractivity contribution in [2.45, 2.75) is 18.9 Å². The number of halogens is 1. The van der Waals surface area contributed by atoms with E-state index in [4.69, 9.17) is 28.2 Å². The molecule has 1 saturated carbocycles. The van der Waals surface area contributed by atoms with Gasteiger partial charge in [-0.05, 0) is 25.0 Å². The van der Waals surface area contributed by atoms with Crippen LogP contribution in [0.3, 0.4) is 0 Å². The molecule has 0 spiro atoms. The first kappa shape index (κ1) is 13.0. The van der Waals surface area contributed by atoms with E-state index in [-0.39, 0.29) is 6.61 Å². The maximum absolute atomic E-state index is 11.5. The lowest BCUT2D eigenvalue weighted by Crippen LogP contribution is -2.31. The van der Waals surface area contributed by atoms with Crippen LogP contribution in [0.4, 0.5) is 11.4 Å². The van der Waals surface area contributed by atoms with Crippen LogP contribution in [0.2, 0.25) is 5.02 Å². The number of amides is 1. The Morgan fingerprint density at radius 2 is 2.17 bits per heavy atom. The maximum Gasteiger partial charge on any atom is 0.250 e. The first-order chi connectivity index (χ1) is 8.54. The second-order valence-electron chi connectivity index (χ2n) is 4.41. The molecule has 0 aliphatic heterocycles. The van der Waals surface area contributed by atoms with Crippen molar-refractivity contribution in [1.29, 1.82) is 0 Å². The molecular weight excluding hydrogens is 254 g/mol. The monoisotopic (exact) mass is 269 g/mol. The van der Waals surface area contributed by atoms with E-state index in [9.17, 15) is 4.79 Å². The van der Waals surface area contributed by atoms with Crippen molar-refractivity contribution in [1.82, 2.24) is 0 Å². The standard InChI is InChI=1S/C12H16ClN3O2/c13-10-6-7(14)5-9(12(15)18)11(10)16(3-4-17)8-1-2-8/h5-6,8,17H,1-4,14H2,(H2,15,18). The number of carbonyl (C=O) groups excluding carboxylic acids is 1. The van der Waals surface area contributed by atoms with Crippen LogP contribution in [0.25, 0.3) is 0 Å². The normalized spacial score (nSPS) is 14.6. The molecule has 0 radical (unpaired) electrons. The number of hydrogen-bond donors (Lipinski definition) is 3. The van der Waals surface area contributed by atoms with Gasteiger partial charge in [0.25, 0.3) is 5.91 Å². The van der Waals surface area contributed by atoms with Crippen molar-refractivity contribution in [2.24, 2.45) is 5.73 Å². The molecule has 0 atom stereocenters. The van der Waals surface area contributed by atoms with Crippen LogP contribution >= 0.6 is 11.6 Å². The average molecular weight is 270 g/mol. The summed E-state index contributed by atoms with van der Waals surface area (Å²) in [6.07, 6.45) is 2.05. The van der Waals surface area contributed by atoms with Gasteiger partial charge in [-0.25, -0.2) is 0 Å². The average Bonchev–Trinajstić information content (AvgIpc) is 3.09. The summed E-state index contributed by atoms with van der Waals surface area (Å²) in [5.41, 5.74) is 12.3. The zero-order valence-corrected chi connectivity index (χ0v) is 10.7. The lowest BCUT2D eigenvalue weighted by Gasteiger charge is -2.27. The zero-order valence-electron chi connectivity index (χ0n) is 9.90. The predicted molar refractivity (Wildman–Crippen MR) is 71.8 cm³/mol. The number of aliphatic hydroxyl groups is 1. The summed E-state index contributed by atoms with van der Waals surface area (Å²) < 4.78 is 0. The molecule has 1 fully saturated rings. The third-order valence-corrected chi connectivity index (χ3v) is 3.26. The second kappa shape index (κ2) is 5.04. The molecule has 0 saturated heterocycles. The van der Waals surface area contributed by atoms with Gasteiger partial charge in [0.2, 0.25) is 0 Å². The highest BCUT2D eigenvalue weighted by Gasteiger charge is 2.32. The smallest absolute Gasteiger partial charge is 0.250 e. The summed E-state index contributed by atoms with van der Waals surface area (Å²) in [6, 6.07) is 3.43. The van der Waals surface area contributed by atoms with E-state index in [0.29, 0.717) is 34.5 Å². The van der Waals surface area contributed by atoms with Crippen molar-refractivity contribution in [2.75, 3.05) is 23.8 Å². The van der Waals surface area contributed by atoms with Gasteiger partial charge in [0.15, 0.2) is 0 Å². The lowest BCUT2D eigenvalue weighted by atomic mass is 10.1. The highest BCUT2D eigenvalue weighted by molar-refractivity contribution is 6.34. The summed E-state index contributed by atoms with van der Waals surface area (Å²) in [7, 11) is 0. The predicted octanol–water partition coefficient (Wildman–Crippen LogP) is 0.982. The Morgan fingerprint density at radius 3 is 2.67 bits per heavy atom. The number of nitrogen functional groups attached to an aromatic ring is 1. The van der Waals surface area contributed by atoms with Gasteiger partial charge in [-0.15, -0.1) is 0 Å². The summed E-state index contributed by atoms with van der Waals surface area (Å²) in [5, 5.41) is 9.52. The van der Waals surface area contributed by atoms with Gasteiger partial charge < -0.3 is 21.5 Å². The van der Waals surface area contributed by atoms with Crippen molar-refractivity contribution >= 4 is 28.9 Å². The highest BCUT2D eigenvalue weighted by atomic mass is 35.5. The van der Waals surface area contributed by atoms with Gasteiger partial charge in [0.05, 0.1) is 22.9 Å². The minimum Gasteiger partial charge on any atom is -0.399 e. The van der Waals surface area contributed by atoms with Crippen LogP contribution in [0.1, 0.15) is 23.2 Å². The van der Waals surface area contributed by atoms with Gasteiger partial charge in [-0.1, -0.05) is 11.6 Å². The summed E-state index contributed by atoms with van der Waals surface area (Å²) >= 11 is 6.17. The molecule has 0 heterocycles. The fraction of sp³-hybridized carbons (Fsp3) is 0.417. The first-order valence-electron chi connectivity index (χ1n) is 5.81. The van der Waals surface area contributed by atoms with Crippen LogP contribution in [0.5, 0.6) is 0 Å². The van der Waals surface area contributed by atoms with Crippen LogP contribution in [-0.2, 0) is 0 Å². The van der Waals surface area contributed by atoms with Crippen LogP contribution in [0.15, 0.2) is 12.1 Å². The number of anilines is 2. The van der Waals surface area contributed by atoms with E-state index < -0.39 is 5.91 Å². The third kappa shape index (κ3) is 2.52. The number of nitrogens with zero attached hydrogens (tertiary/aromatic N) is 1. The Labute approximate surface area is 110 Å². The summed E-state index contributed by atoms with van der Waals surface area (Å²) in [6.45, 7) is 0.421. The molecule has 1 aliphatic carbocycles. The SMILES string of the molecule is NC(=O)c1cc(N)cc(Cl)c1N(CCO)C1CC1. The molecule has 5 N–H and O–H groups in total. The summed E-state index contributed by atoms with van der Waals surface area (Å²) in [5.74, 6) is -0.567. The quantitative estimate of drug-likeness (QED) is 0.695. The molecule has 18 heavy (non-hydrogen) atoms. The lowest BCUT2D eigenvalue weighted by molar-refractivity contribution is 0.100. The van der Waals surface area contributed by atoms with Crippen molar-refractivity contribution in [3.05, 3.63) is 22.7 Å². The Bertz CT molecular complexity index is 475. The molecule has 1 amide bonds. The fourth-order valence-corrected chi connectivity index (χ4v) is 2.41. The number of benzene rings is 1. The van der Waals surface area contributed by atoms with E-state index in [1.807, 2.05) is 4.90 Å². The molecular formula is C12H16ClN3O2. The molecule has 5 nitrogen and oxygen atoms in total. The van der Waals surface area contributed by atoms with E-state index in [0.717, 1.165) is 12.8 Å². The van der Waals surface area contributed by atoms with Crippen molar-refractivity contribution < 1.29 is 9.90 Å². The fourth-order valence-electron chi connectivity index (χ4n) is 2.07. The molecule has 0 aromatic heterocycles. The van der Waals surface area contributed by atoms with Crippen LogP contribution in [0, 0.1) is 0 Å². The number of aliphatic hydroxyl groups excluding tert-OH is 1. The number of hydrogen-bond acceptors (Lipinski definition) is 4. The highest BCUT2D eigenvalue weighted by Crippen LogP contribution is 2.38. The van der Waals surface area contributed by atoms with E-state index in [1.54, 1.807) is 6.07 Å². The second-order valence-corrected chi connectivity index (χ2v) is 4.82. The topological polar surface area (TPSA) is 92.6 Å². The molecule has 0 bridgehead atoms. The molecule has 6 heteroatoms. The van der Waals surface area contributed by atoms with Gasteiger partial charge in [0, 0.05) is 18.3 Å². The minimum atomic E-state index is -0.567. The first-order valence-corrected chi connectivity index (χ1v) is 6.18. The molecule has 98 valence electrons. The third-order valence-electron chi connectivity index (χ3n) is 2.97. The van der Waals surface area contributed by atoms with Gasteiger partial charge >= 0.3 is 0 Å². The number of carbonyl (C=O) groups is 1. The number of nitrogens with two attached hydrogens (primary N) is 2. The Balaban J connectivity index is 2.49. The van der Waals surface area contributed by atoms with E-state index >= 15 is 0 Å². The molecule has 1 aliphatic rings. The van der Waals surface area contributed by atoms with Crippen LogP contribution in [-0.4, -0.2) is 30.2 Å².